The van der Waals surface area contributed by atoms with Crippen LogP contribution in [0.1, 0.15) is 22.8 Å². The second-order valence-corrected chi connectivity index (χ2v) is 7.28. The quantitative estimate of drug-likeness (QED) is 0.446. The summed E-state index contributed by atoms with van der Waals surface area (Å²) in [5.41, 5.74) is 0.557. The third-order valence-electron chi connectivity index (χ3n) is 5.33. The van der Waals surface area contributed by atoms with Crippen LogP contribution in [-0.2, 0) is 11.3 Å². The van der Waals surface area contributed by atoms with Crippen LogP contribution in [0, 0.1) is 21.7 Å². The van der Waals surface area contributed by atoms with E-state index in [9.17, 15) is 28.5 Å². The van der Waals surface area contributed by atoms with Crippen LogP contribution >= 0.6 is 0 Å². The molecule has 1 atom stereocenters. The number of rotatable bonds is 4. The van der Waals surface area contributed by atoms with Crippen molar-refractivity contribution in [1.82, 2.24) is 0 Å². The summed E-state index contributed by atoms with van der Waals surface area (Å²) in [5.74, 6) is -3.43. The Kier molecular flexibility index (Phi) is 5.40. The maximum absolute atomic E-state index is 14.3. The van der Waals surface area contributed by atoms with E-state index in [-0.39, 0.29) is 12.2 Å². The average Bonchev–Trinajstić information content (AvgIpc) is 2.77. The number of nitro benzene ring substituents is 1. The summed E-state index contributed by atoms with van der Waals surface area (Å²) in [5, 5.41) is 10.9. The van der Waals surface area contributed by atoms with Gasteiger partial charge in [-0.3, -0.25) is 24.6 Å². The van der Waals surface area contributed by atoms with Gasteiger partial charge in [0.15, 0.2) is 0 Å². The number of fused-ring (bicyclic) bond motifs is 1. The molecule has 4 rings (SSSR count). The molecule has 2 amide bonds. The second-order valence-electron chi connectivity index (χ2n) is 7.28. The van der Waals surface area contributed by atoms with E-state index in [1.807, 2.05) is 0 Å². The number of benzene rings is 3. The molecule has 32 heavy (non-hydrogen) atoms. The SMILES string of the molecule is C[C@@H]1C(=O)N(Cc2ccc([N+](=O)[O-])cc2)c2ccccc2N1C(=O)c1c(F)cccc1F. The van der Waals surface area contributed by atoms with Crippen LogP contribution in [0.15, 0.2) is 66.7 Å². The largest absolute Gasteiger partial charge is 0.304 e. The van der Waals surface area contributed by atoms with Gasteiger partial charge in [0.05, 0.1) is 22.8 Å². The molecule has 1 aliphatic rings. The minimum atomic E-state index is -1.03. The van der Waals surface area contributed by atoms with Crippen LogP contribution in [0.5, 0.6) is 0 Å². The number of non-ortho nitro benzene ring substituents is 1. The van der Waals surface area contributed by atoms with E-state index >= 15 is 0 Å². The maximum atomic E-state index is 14.3. The van der Waals surface area contributed by atoms with Crippen molar-refractivity contribution in [2.24, 2.45) is 0 Å². The van der Waals surface area contributed by atoms with Gasteiger partial charge >= 0.3 is 0 Å². The molecule has 9 heteroatoms. The lowest BCUT2D eigenvalue weighted by Gasteiger charge is -2.40. The Labute approximate surface area is 181 Å². The lowest BCUT2D eigenvalue weighted by atomic mass is 10.0. The van der Waals surface area contributed by atoms with Gasteiger partial charge in [0.1, 0.15) is 23.2 Å². The highest BCUT2D eigenvalue weighted by atomic mass is 19.1. The van der Waals surface area contributed by atoms with Gasteiger partial charge in [-0.15, -0.1) is 0 Å². The Hall–Kier alpha value is -4.14. The van der Waals surface area contributed by atoms with Crippen molar-refractivity contribution in [2.45, 2.75) is 19.5 Å². The minimum Gasteiger partial charge on any atom is -0.304 e. The molecule has 0 unspecified atom stereocenters. The van der Waals surface area contributed by atoms with Gasteiger partial charge < -0.3 is 4.90 Å². The molecule has 0 aliphatic carbocycles. The predicted molar refractivity (Wildman–Crippen MR) is 113 cm³/mol. The van der Waals surface area contributed by atoms with E-state index in [0.717, 1.165) is 23.1 Å². The van der Waals surface area contributed by atoms with Gasteiger partial charge in [-0.2, -0.15) is 0 Å². The summed E-state index contributed by atoms with van der Waals surface area (Å²) in [6.07, 6.45) is 0. The molecule has 1 heterocycles. The number of halogens is 2. The first-order valence-electron chi connectivity index (χ1n) is 9.71. The van der Waals surface area contributed by atoms with E-state index < -0.39 is 40.0 Å². The number of carbonyl (C=O) groups is 2. The number of carbonyl (C=O) groups excluding carboxylic acids is 2. The van der Waals surface area contributed by atoms with Crippen LogP contribution in [0.2, 0.25) is 0 Å². The third-order valence-corrected chi connectivity index (χ3v) is 5.33. The Balaban J connectivity index is 1.74. The first-order chi connectivity index (χ1) is 15.3. The molecule has 0 spiro atoms. The highest BCUT2D eigenvalue weighted by Gasteiger charge is 2.40. The summed E-state index contributed by atoms with van der Waals surface area (Å²) in [4.78, 5) is 39.3. The zero-order valence-electron chi connectivity index (χ0n) is 16.9. The topological polar surface area (TPSA) is 83.8 Å². The smallest absolute Gasteiger partial charge is 0.269 e. The second kappa shape index (κ2) is 8.18. The fourth-order valence-electron chi connectivity index (χ4n) is 3.74. The number of amides is 2. The molecule has 0 fully saturated rings. The highest BCUT2D eigenvalue weighted by molar-refractivity contribution is 6.17. The molecule has 162 valence electrons. The van der Waals surface area contributed by atoms with Crippen molar-refractivity contribution >= 4 is 28.9 Å². The lowest BCUT2D eigenvalue weighted by molar-refractivity contribution is -0.384. The van der Waals surface area contributed by atoms with Crippen molar-refractivity contribution in [2.75, 3.05) is 9.80 Å². The molecule has 1 aliphatic heterocycles. The van der Waals surface area contributed by atoms with Crippen molar-refractivity contribution in [1.29, 1.82) is 0 Å². The summed E-state index contributed by atoms with van der Waals surface area (Å²) >= 11 is 0. The maximum Gasteiger partial charge on any atom is 0.269 e. The van der Waals surface area contributed by atoms with Gasteiger partial charge in [0.25, 0.3) is 11.6 Å². The van der Waals surface area contributed by atoms with Crippen LogP contribution in [0.25, 0.3) is 0 Å². The predicted octanol–water partition coefficient (Wildman–Crippen LogP) is 4.46. The van der Waals surface area contributed by atoms with Crippen LogP contribution < -0.4 is 9.80 Å². The van der Waals surface area contributed by atoms with Gasteiger partial charge in [-0.1, -0.05) is 30.3 Å². The molecule has 3 aromatic carbocycles. The van der Waals surface area contributed by atoms with Crippen molar-refractivity contribution in [3.05, 3.63) is 99.6 Å². The summed E-state index contributed by atoms with van der Waals surface area (Å²) < 4.78 is 28.6. The van der Waals surface area contributed by atoms with E-state index in [1.54, 1.807) is 36.4 Å². The number of hydrogen-bond acceptors (Lipinski definition) is 4. The zero-order valence-corrected chi connectivity index (χ0v) is 16.9. The third kappa shape index (κ3) is 3.58. The Morgan fingerprint density at radius 1 is 0.969 bits per heavy atom. The fraction of sp³-hybridized carbons (Fsp3) is 0.130. The molecular formula is C23H17F2N3O4. The number of nitro groups is 1. The summed E-state index contributed by atoms with van der Waals surface area (Å²) in [6, 6.07) is 14.4. The normalized spacial score (nSPS) is 15.5. The first-order valence-corrected chi connectivity index (χ1v) is 9.71. The van der Waals surface area contributed by atoms with Gasteiger partial charge in [-0.25, -0.2) is 8.78 Å². The molecule has 7 nitrogen and oxygen atoms in total. The number of para-hydroxylation sites is 2. The molecule has 0 saturated carbocycles. The molecular weight excluding hydrogens is 420 g/mol. The van der Waals surface area contributed by atoms with E-state index in [2.05, 4.69) is 0 Å². The summed E-state index contributed by atoms with van der Waals surface area (Å²) in [6.45, 7) is 1.59. The van der Waals surface area contributed by atoms with E-state index in [4.69, 9.17) is 0 Å². The highest BCUT2D eigenvalue weighted by Crippen LogP contribution is 2.38. The molecule has 0 aromatic heterocycles. The van der Waals surface area contributed by atoms with Crippen molar-refractivity contribution in [3.63, 3.8) is 0 Å². The van der Waals surface area contributed by atoms with Gasteiger partial charge in [0, 0.05) is 12.1 Å². The molecule has 0 saturated heterocycles. The van der Waals surface area contributed by atoms with Crippen LogP contribution in [0.4, 0.5) is 25.8 Å². The fourth-order valence-corrected chi connectivity index (χ4v) is 3.74. The monoisotopic (exact) mass is 437 g/mol. The molecule has 0 N–H and O–H groups in total. The minimum absolute atomic E-state index is 0.0730. The Morgan fingerprint density at radius 3 is 2.16 bits per heavy atom. The molecule has 0 radical (unpaired) electrons. The lowest BCUT2D eigenvalue weighted by Crippen LogP contribution is -2.54. The zero-order chi connectivity index (χ0) is 23.0. The van der Waals surface area contributed by atoms with Gasteiger partial charge in [0.2, 0.25) is 5.91 Å². The number of nitrogens with zero attached hydrogens (tertiary/aromatic N) is 3. The number of anilines is 2. The Morgan fingerprint density at radius 2 is 1.56 bits per heavy atom. The average molecular weight is 437 g/mol. The van der Waals surface area contributed by atoms with Crippen LogP contribution in [0.3, 0.4) is 0 Å². The van der Waals surface area contributed by atoms with Crippen molar-refractivity contribution in [3.8, 4) is 0 Å². The van der Waals surface area contributed by atoms with Gasteiger partial charge in [-0.05, 0) is 36.8 Å². The standard InChI is InChI=1S/C23H17F2N3O4/c1-14-22(29)26(13-15-9-11-16(12-10-15)28(31)32)19-7-2-3-8-20(19)27(14)23(30)21-17(24)5-4-6-18(21)25/h2-12,14H,13H2,1H3/t14-/m1/s1. The molecule has 0 bridgehead atoms. The van der Waals surface area contributed by atoms with Crippen LogP contribution in [-0.4, -0.2) is 22.8 Å². The molecule has 3 aromatic rings. The summed E-state index contributed by atoms with van der Waals surface area (Å²) in [7, 11) is 0. The Bertz CT molecular complexity index is 1210. The van der Waals surface area contributed by atoms with E-state index in [0.29, 0.717) is 16.9 Å². The number of hydrogen-bond donors (Lipinski definition) is 0. The van der Waals surface area contributed by atoms with Crippen molar-refractivity contribution < 1.29 is 23.3 Å². The first kappa shape index (κ1) is 21.1. The van der Waals surface area contributed by atoms with E-state index in [1.165, 1.54) is 24.0 Å².